The van der Waals surface area contributed by atoms with E-state index in [2.05, 4.69) is 90.3 Å². The second-order valence-electron chi connectivity index (χ2n) is 14.6. The summed E-state index contributed by atoms with van der Waals surface area (Å²) in [6.45, 7) is 15.3. The fourth-order valence-electron chi connectivity index (χ4n) is 8.61. The van der Waals surface area contributed by atoms with Crippen molar-refractivity contribution in [2.75, 3.05) is 12.0 Å². The highest BCUT2D eigenvalue weighted by atomic mass is 127. The summed E-state index contributed by atoms with van der Waals surface area (Å²) in [6, 6.07) is 15.9. The lowest BCUT2D eigenvalue weighted by Crippen LogP contribution is -2.36. The summed E-state index contributed by atoms with van der Waals surface area (Å²) in [5.74, 6) is 5.02. The van der Waals surface area contributed by atoms with Gasteiger partial charge in [-0.1, -0.05) is 53.7 Å². The van der Waals surface area contributed by atoms with E-state index in [1.54, 1.807) is 11.6 Å². The minimum absolute atomic E-state index is 0.0679. The minimum Gasteiger partial charge on any atom is -0.465 e. The Bertz CT molecular complexity index is 1710. The molecule has 10 heteroatoms. The van der Waals surface area contributed by atoms with E-state index in [0.29, 0.717) is 12.5 Å². The van der Waals surface area contributed by atoms with Crippen molar-refractivity contribution >= 4 is 62.6 Å². The normalized spacial score (nSPS) is 28.9. The molecule has 4 aliphatic rings. The molecule has 4 aliphatic carbocycles. The lowest BCUT2D eigenvalue weighted by atomic mass is 9.70. The number of fused-ring (bicyclic) bond motifs is 7. The van der Waals surface area contributed by atoms with Crippen LogP contribution < -0.4 is 16.8 Å². The van der Waals surface area contributed by atoms with E-state index in [-0.39, 0.29) is 44.9 Å². The van der Waals surface area contributed by atoms with Gasteiger partial charge in [0, 0.05) is 34.9 Å². The predicted molar refractivity (Wildman–Crippen MR) is 199 cm³/mol. The summed E-state index contributed by atoms with van der Waals surface area (Å²) in [7, 11) is 0. The number of nitrogens with zero attached hydrogens (tertiary/aromatic N) is 1. The highest BCUT2D eigenvalue weighted by Crippen LogP contribution is 2.67. The number of carbonyl (C=O) groups excluding carboxylic acids is 2. The van der Waals surface area contributed by atoms with E-state index < -0.39 is 5.92 Å². The van der Waals surface area contributed by atoms with Gasteiger partial charge in [-0.2, -0.15) is 0 Å². The summed E-state index contributed by atoms with van der Waals surface area (Å²) in [6.07, 6.45) is 4.19. The number of carbonyl (C=O) groups is 2. The predicted octanol–water partition coefficient (Wildman–Crippen LogP) is 7.71. The van der Waals surface area contributed by atoms with Gasteiger partial charge in [0.15, 0.2) is 5.78 Å². The number of ether oxygens (including phenoxy) is 1. The molecule has 4 bridgehead atoms. The molecule has 1 heterocycles. The number of rotatable bonds is 4. The molecule has 0 radical (unpaired) electrons. The topological polar surface area (TPSA) is 119 Å². The van der Waals surface area contributed by atoms with Crippen molar-refractivity contribution in [2.24, 2.45) is 33.9 Å². The van der Waals surface area contributed by atoms with Crippen molar-refractivity contribution in [2.45, 2.75) is 85.5 Å². The van der Waals surface area contributed by atoms with Crippen LogP contribution in [0.15, 0.2) is 53.3 Å². The Labute approximate surface area is 299 Å². The second-order valence-corrected chi connectivity index (χ2v) is 17.1. The van der Waals surface area contributed by atoms with Crippen LogP contribution in [0.1, 0.15) is 91.3 Å². The molecule has 4 N–H and O–H groups in total. The maximum absolute atomic E-state index is 12.9. The maximum atomic E-state index is 12.9. The monoisotopic (exact) mass is 852 g/mol. The van der Waals surface area contributed by atoms with Crippen molar-refractivity contribution in [3.8, 4) is 5.69 Å². The van der Waals surface area contributed by atoms with Crippen molar-refractivity contribution < 1.29 is 14.3 Å². The first-order chi connectivity index (χ1) is 21.5. The molecule has 2 aromatic carbocycles. The summed E-state index contributed by atoms with van der Waals surface area (Å²) < 4.78 is 9.09. The molecule has 1 unspecified atom stereocenters. The Hall–Kier alpha value is -2.19. The van der Waals surface area contributed by atoms with Gasteiger partial charge in [-0.15, -0.1) is 0 Å². The summed E-state index contributed by atoms with van der Waals surface area (Å²) in [4.78, 5) is 37.1. The number of ketones is 1. The summed E-state index contributed by atoms with van der Waals surface area (Å²) in [5, 5.41) is 3.43. The van der Waals surface area contributed by atoms with Crippen LogP contribution in [0.3, 0.4) is 0 Å². The molecule has 8 nitrogen and oxygen atoms in total. The Morgan fingerprint density at radius 3 is 2.11 bits per heavy atom. The smallest absolute Gasteiger partial charge is 0.316 e. The third kappa shape index (κ3) is 5.47. The van der Waals surface area contributed by atoms with Gasteiger partial charge in [-0.25, -0.2) is 4.68 Å². The average Bonchev–Trinajstić information content (AvgIpc) is 3.64. The molecule has 0 saturated heterocycles. The number of hydrogen-bond donors (Lipinski definition) is 3. The molecule has 3 fully saturated rings. The van der Waals surface area contributed by atoms with E-state index in [4.69, 9.17) is 10.6 Å². The quantitative estimate of drug-likeness (QED) is 0.0814. The molecule has 0 amide bonds. The van der Waals surface area contributed by atoms with E-state index in [1.807, 2.05) is 55.5 Å². The number of halogens is 2. The zero-order chi connectivity index (χ0) is 33.8. The zero-order valence-electron chi connectivity index (χ0n) is 27.8. The van der Waals surface area contributed by atoms with Crippen LogP contribution in [0.4, 0.5) is 5.69 Å². The van der Waals surface area contributed by atoms with Crippen molar-refractivity contribution in [1.29, 1.82) is 0 Å². The molecular weight excluding hydrogens is 806 g/mol. The number of aromatic amines is 1. The molecule has 1 aromatic heterocycles. The van der Waals surface area contributed by atoms with Crippen molar-refractivity contribution in [1.82, 2.24) is 9.78 Å². The molecule has 0 aliphatic heterocycles. The fourth-order valence-corrected chi connectivity index (χ4v) is 9.68. The van der Waals surface area contributed by atoms with Crippen LogP contribution in [0.25, 0.3) is 5.69 Å². The van der Waals surface area contributed by atoms with Gasteiger partial charge in [-0.05, 0) is 137 Å². The molecule has 3 saturated carbocycles. The number of hydrogen-bond acceptors (Lipinski definition) is 6. The SMILES string of the molecule is CC1(C)[C@@H]2CC[C@@]1(C)c1[nH]n(-c3cccc(I)c3)c(=O)c12.CCOC(=O)C1C(=O)[C@]2(C)CC[C@H]1C2(C)C.NNc1cccc(I)c1. The number of Topliss-reactive ketones (excluding diaryl/α,β-unsaturated/α-hetero) is 1. The summed E-state index contributed by atoms with van der Waals surface area (Å²) >= 11 is 4.52. The number of H-pyrrole nitrogens is 1. The van der Waals surface area contributed by atoms with E-state index in [1.165, 1.54) is 15.7 Å². The lowest BCUT2D eigenvalue weighted by molar-refractivity contribution is -0.154. The van der Waals surface area contributed by atoms with E-state index in [9.17, 15) is 14.4 Å². The van der Waals surface area contributed by atoms with Gasteiger partial charge < -0.3 is 10.2 Å². The third-order valence-electron chi connectivity index (χ3n) is 12.2. The number of anilines is 1. The standard InChI is InChI=1S/C17H19IN2O.C13H20O3.C6H7IN2/c1-16(2)12-7-8-17(16,3)14-13(12)15(21)20(19-14)11-6-4-5-10(18)9-11;1-5-16-11(15)9-8-6-7-13(4,10(9)14)12(8,2)3;7-5-2-1-3-6(4-5)9-8/h4-6,9,12,19H,7-8H2,1-3H3;8-9H,5-7H2,1-4H3;1-4,9H,8H2/t12-,17+;8-,9?,13+;/m11./s1. The maximum Gasteiger partial charge on any atom is 0.316 e. The highest BCUT2D eigenvalue weighted by molar-refractivity contribution is 14.1. The van der Waals surface area contributed by atoms with E-state index >= 15 is 0 Å². The molecule has 0 spiro atoms. The largest absolute Gasteiger partial charge is 0.465 e. The second kappa shape index (κ2) is 12.7. The first-order valence-corrected chi connectivity index (χ1v) is 18.3. The van der Waals surface area contributed by atoms with Gasteiger partial charge in [-0.3, -0.25) is 25.3 Å². The number of aromatic nitrogens is 2. The number of hydrazine groups is 1. The van der Waals surface area contributed by atoms with Gasteiger partial charge in [0.1, 0.15) is 5.92 Å². The highest BCUT2D eigenvalue weighted by Gasteiger charge is 2.68. The third-order valence-corrected chi connectivity index (χ3v) is 13.5. The van der Waals surface area contributed by atoms with Crippen molar-refractivity contribution in [3.63, 3.8) is 0 Å². The zero-order valence-corrected chi connectivity index (χ0v) is 32.1. The molecule has 7 rings (SSSR count). The Morgan fingerprint density at radius 2 is 1.59 bits per heavy atom. The van der Waals surface area contributed by atoms with Gasteiger partial charge in [0.05, 0.1) is 12.3 Å². The number of esters is 1. The number of nitrogens with one attached hydrogen (secondary N) is 2. The minimum atomic E-state index is -0.506. The fraction of sp³-hybridized carbons (Fsp3) is 0.528. The number of benzene rings is 2. The van der Waals surface area contributed by atoms with Crippen LogP contribution >= 0.6 is 45.2 Å². The molecular formula is C36H46I2N4O4. The van der Waals surface area contributed by atoms with Crippen LogP contribution in [0.5, 0.6) is 0 Å². The molecule has 248 valence electrons. The number of nitrogen functional groups attached to an aromatic ring is 1. The summed E-state index contributed by atoms with van der Waals surface area (Å²) in [5.41, 5.74) is 6.68. The van der Waals surface area contributed by atoms with Crippen LogP contribution in [-0.4, -0.2) is 28.1 Å². The molecule has 5 atom stereocenters. The number of nitrogens with two attached hydrogens (primary N) is 1. The van der Waals surface area contributed by atoms with E-state index in [0.717, 1.165) is 39.8 Å². The van der Waals surface area contributed by atoms with Gasteiger partial charge in [0.25, 0.3) is 5.56 Å². The Morgan fingerprint density at radius 1 is 0.957 bits per heavy atom. The molecule has 3 aromatic rings. The van der Waals surface area contributed by atoms with Crippen LogP contribution in [0.2, 0.25) is 0 Å². The lowest BCUT2D eigenvalue weighted by Gasteiger charge is -2.34. The van der Waals surface area contributed by atoms with Gasteiger partial charge in [0.2, 0.25) is 0 Å². The van der Waals surface area contributed by atoms with Crippen LogP contribution in [-0.2, 0) is 19.7 Å². The van der Waals surface area contributed by atoms with Crippen molar-refractivity contribution in [3.05, 3.63) is 77.3 Å². The van der Waals surface area contributed by atoms with Gasteiger partial charge >= 0.3 is 5.97 Å². The Balaban J connectivity index is 0.000000147. The average molecular weight is 853 g/mol. The first-order valence-electron chi connectivity index (χ1n) is 16.1. The first kappa shape index (κ1) is 35.1. The van der Waals surface area contributed by atoms with Crippen LogP contribution in [0, 0.1) is 35.2 Å². The Kier molecular flexibility index (Phi) is 9.69. The molecule has 46 heavy (non-hydrogen) atoms.